The third kappa shape index (κ3) is 3.87. The van der Waals surface area contributed by atoms with Gasteiger partial charge >= 0.3 is 0 Å². The Bertz CT molecular complexity index is 358. The van der Waals surface area contributed by atoms with Crippen molar-refractivity contribution in [2.24, 2.45) is 0 Å². The summed E-state index contributed by atoms with van der Waals surface area (Å²) in [5.74, 6) is 1.45. The van der Waals surface area contributed by atoms with Gasteiger partial charge in [0.2, 0.25) is 0 Å². The molecule has 0 radical (unpaired) electrons. The van der Waals surface area contributed by atoms with E-state index in [0.29, 0.717) is 6.54 Å². The molecule has 17 heavy (non-hydrogen) atoms. The van der Waals surface area contributed by atoms with Crippen LogP contribution in [0.1, 0.15) is 12.0 Å². The maximum absolute atomic E-state index is 8.71. The number of aliphatic hydroxyl groups is 1. The molecule has 2 N–H and O–H groups in total. The molecule has 96 valence electrons. The first-order valence-electron chi connectivity index (χ1n) is 5.45. The van der Waals surface area contributed by atoms with E-state index in [1.54, 1.807) is 14.2 Å². The molecule has 0 bridgehead atoms. The van der Waals surface area contributed by atoms with E-state index in [1.807, 2.05) is 12.1 Å². The fraction of sp³-hybridized carbons (Fsp3) is 0.500. The third-order valence-corrected chi connectivity index (χ3v) is 3.15. The normalized spacial score (nSPS) is 10.4. The van der Waals surface area contributed by atoms with E-state index < -0.39 is 0 Å². The van der Waals surface area contributed by atoms with Crippen LogP contribution in [0.4, 0.5) is 0 Å². The van der Waals surface area contributed by atoms with Crippen molar-refractivity contribution in [3.8, 4) is 11.5 Å². The molecule has 0 spiro atoms. The average molecular weight is 304 g/mol. The van der Waals surface area contributed by atoms with Crippen LogP contribution in [-0.2, 0) is 6.54 Å². The number of rotatable bonds is 7. The molecule has 0 aliphatic carbocycles. The Morgan fingerprint density at radius 3 is 2.65 bits per heavy atom. The van der Waals surface area contributed by atoms with Crippen molar-refractivity contribution in [3.05, 3.63) is 22.2 Å². The molecule has 0 saturated heterocycles. The summed E-state index contributed by atoms with van der Waals surface area (Å²) in [6.07, 6.45) is 0.740. The summed E-state index contributed by atoms with van der Waals surface area (Å²) in [5, 5.41) is 12.0. The summed E-state index contributed by atoms with van der Waals surface area (Å²) < 4.78 is 11.6. The summed E-state index contributed by atoms with van der Waals surface area (Å²) in [4.78, 5) is 0. The van der Waals surface area contributed by atoms with Gasteiger partial charge in [0.15, 0.2) is 11.5 Å². The van der Waals surface area contributed by atoms with Crippen molar-refractivity contribution in [3.63, 3.8) is 0 Å². The summed E-state index contributed by atoms with van der Waals surface area (Å²) in [5.41, 5.74) is 1.02. The van der Waals surface area contributed by atoms with E-state index in [0.717, 1.165) is 34.5 Å². The molecule has 0 aliphatic heterocycles. The van der Waals surface area contributed by atoms with Crippen LogP contribution in [0.25, 0.3) is 0 Å². The maximum Gasteiger partial charge on any atom is 0.166 e. The van der Waals surface area contributed by atoms with Gasteiger partial charge in [-0.25, -0.2) is 0 Å². The molecule has 0 unspecified atom stereocenters. The Balaban J connectivity index is 2.80. The van der Waals surface area contributed by atoms with Crippen LogP contribution in [0.2, 0.25) is 0 Å². The van der Waals surface area contributed by atoms with Crippen LogP contribution in [0, 0.1) is 0 Å². The number of aliphatic hydroxyl groups excluding tert-OH is 1. The third-order valence-electron chi connectivity index (χ3n) is 2.40. The van der Waals surface area contributed by atoms with Crippen LogP contribution < -0.4 is 14.8 Å². The highest BCUT2D eigenvalue weighted by atomic mass is 79.9. The molecule has 1 aromatic rings. The molecular formula is C12H18BrNO3. The standard InChI is InChI=1S/C12H18BrNO3/c1-16-11-5-4-10(13)9(12(11)17-2)8-14-6-3-7-15/h4-5,14-15H,3,6-8H2,1-2H3. The SMILES string of the molecule is COc1ccc(Br)c(CNCCCO)c1OC. The molecule has 4 nitrogen and oxygen atoms in total. The van der Waals surface area contributed by atoms with E-state index in [2.05, 4.69) is 21.2 Å². The van der Waals surface area contributed by atoms with Crippen molar-refractivity contribution in [1.29, 1.82) is 0 Å². The van der Waals surface area contributed by atoms with E-state index in [-0.39, 0.29) is 6.61 Å². The molecule has 1 aromatic carbocycles. The van der Waals surface area contributed by atoms with Crippen molar-refractivity contribution < 1.29 is 14.6 Å². The molecule has 5 heteroatoms. The summed E-state index contributed by atoms with van der Waals surface area (Å²) in [7, 11) is 3.25. The van der Waals surface area contributed by atoms with Crippen LogP contribution in [0.3, 0.4) is 0 Å². The number of ether oxygens (including phenoxy) is 2. The van der Waals surface area contributed by atoms with Crippen LogP contribution in [0.15, 0.2) is 16.6 Å². The predicted molar refractivity (Wildman–Crippen MR) is 70.7 cm³/mol. The highest BCUT2D eigenvalue weighted by molar-refractivity contribution is 9.10. The Kier molecular flexibility index (Phi) is 6.32. The maximum atomic E-state index is 8.71. The number of halogens is 1. The Hall–Kier alpha value is -0.780. The summed E-state index contributed by atoms with van der Waals surface area (Å²) >= 11 is 3.50. The molecule has 0 atom stereocenters. The van der Waals surface area contributed by atoms with Crippen LogP contribution >= 0.6 is 15.9 Å². The van der Waals surface area contributed by atoms with Gasteiger partial charge in [-0.3, -0.25) is 0 Å². The molecule has 0 fully saturated rings. The Morgan fingerprint density at radius 2 is 2.06 bits per heavy atom. The van der Waals surface area contributed by atoms with Gasteiger partial charge in [0.25, 0.3) is 0 Å². The van der Waals surface area contributed by atoms with Crippen molar-refractivity contribution in [2.45, 2.75) is 13.0 Å². The Morgan fingerprint density at radius 1 is 1.29 bits per heavy atom. The van der Waals surface area contributed by atoms with Gasteiger partial charge in [-0.05, 0) is 25.1 Å². The average Bonchev–Trinajstić information content (AvgIpc) is 2.35. The molecule has 0 amide bonds. The van der Waals surface area contributed by atoms with E-state index in [1.165, 1.54) is 0 Å². The van der Waals surface area contributed by atoms with Gasteiger partial charge in [-0.1, -0.05) is 15.9 Å². The molecular weight excluding hydrogens is 286 g/mol. The first kappa shape index (κ1) is 14.3. The fourth-order valence-electron chi connectivity index (χ4n) is 1.55. The van der Waals surface area contributed by atoms with Crippen LogP contribution in [-0.4, -0.2) is 32.5 Å². The van der Waals surface area contributed by atoms with Crippen LogP contribution in [0.5, 0.6) is 11.5 Å². The minimum atomic E-state index is 0.198. The lowest BCUT2D eigenvalue weighted by atomic mass is 10.2. The summed E-state index contributed by atoms with van der Waals surface area (Å²) in [6.45, 7) is 1.63. The Labute approximate surface area is 110 Å². The zero-order chi connectivity index (χ0) is 12.7. The van der Waals surface area contributed by atoms with E-state index >= 15 is 0 Å². The highest BCUT2D eigenvalue weighted by Gasteiger charge is 2.12. The lowest BCUT2D eigenvalue weighted by Crippen LogP contribution is -2.16. The van der Waals surface area contributed by atoms with Gasteiger partial charge < -0.3 is 19.9 Å². The van der Waals surface area contributed by atoms with E-state index in [4.69, 9.17) is 14.6 Å². The summed E-state index contributed by atoms with van der Waals surface area (Å²) in [6, 6.07) is 3.80. The second-order valence-electron chi connectivity index (χ2n) is 3.52. The molecule has 1 rings (SSSR count). The van der Waals surface area contributed by atoms with Crippen molar-refractivity contribution in [1.82, 2.24) is 5.32 Å². The zero-order valence-electron chi connectivity index (χ0n) is 10.1. The van der Waals surface area contributed by atoms with Gasteiger partial charge in [-0.2, -0.15) is 0 Å². The predicted octanol–water partition coefficient (Wildman–Crippen LogP) is 1.94. The molecule has 0 aliphatic rings. The zero-order valence-corrected chi connectivity index (χ0v) is 11.7. The quantitative estimate of drug-likeness (QED) is 0.756. The smallest absolute Gasteiger partial charge is 0.166 e. The monoisotopic (exact) mass is 303 g/mol. The van der Waals surface area contributed by atoms with Crippen molar-refractivity contribution in [2.75, 3.05) is 27.4 Å². The second kappa shape index (κ2) is 7.53. The van der Waals surface area contributed by atoms with Gasteiger partial charge in [0.05, 0.1) is 14.2 Å². The number of benzene rings is 1. The molecule has 0 heterocycles. The molecule has 0 saturated carbocycles. The van der Waals surface area contributed by atoms with E-state index in [9.17, 15) is 0 Å². The lowest BCUT2D eigenvalue weighted by molar-refractivity contribution is 0.285. The largest absolute Gasteiger partial charge is 0.493 e. The molecule has 0 aromatic heterocycles. The fourth-order valence-corrected chi connectivity index (χ4v) is 2.00. The number of methoxy groups -OCH3 is 2. The van der Waals surface area contributed by atoms with Gasteiger partial charge in [0, 0.05) is 23.2 Å². The van der Waals surface area contributed by atoms with Gasteiger partial charge in [-0.15, -0.1) is 0 Å². The second-order valence-corrected chi connectivity index (χ2v) is 4.37. The lowest BCUT2D eigenvalue weighted by Gasteiger charge is -2.14. The number of nitrogens with one attached hydrogen (secondary N) is 1. The number of hydrogen-bond donors (Lipinski definition) is 2. The van der Waals surface area contributed by atoms with Crippen molar-refractivity contribution >= 4 is 15.9 Å². The van der Waals surface area contributed by atoms with Gasteiger partial charge in [0.1, 0.15) is 0 Å². The minimum Gasteiger partial charge on any atom is -0.493 e. The minimum absolute atomic E-state index is 0.198. The topological polar surface area (TPSA) is 50.7 Å². The number of hydrogen-bond acceptors (Lipinski definition) is 4. The first-order chi connectivity index (χ1) is 8.24. The first-order valence-corrected chi connectivity index (χ1v) is 6.24. The highest BCUT2D eigenvalue weighted by Crippen LogP contribution is 2.35.